The number of carbonyl (C=O) groups is 1. The summed E-state index contributed by atoms with van der Waals surface area (Å²) in [4.78, 5) is 11.8. The summed E-state index contributed by atoms with van der Waals surface area (Å²) in [7, 11) is 0. The monoisotopic (exact) mass is 329 g/mol. The Hall–Kier alpha value is -1.76. The number of nitrogens with zero attached hydrogens (tertiary/aromatic N) is 2. The molecule has 0 spiro atoms. The lowest BCUT2D eigenvalue weighted by Crippen LogP contribution is -2.15. The largest absolute Gasteiger partial charge is 0.319 e. The van der Waals surface area contributed by atoms with Gasteiger partial charge in [0.15, 0.2) is 0 Å². The molecule has 1 aromatic heterocycles. The highest BCUT2D eigenvalue weighted by Crippen LogP contribution is 2.20. The normalized spacial score (nSPS) is 10.5. The number of hydrogen-bond acceptors (Lipinski definition) is 2. The fourth-order valence-corrected chi connectivity index (χ4v) is 1.96. The number of halogens is 3. The van der Waals surface area contributed by atoms with E-state index in [1.54, 1.807) is 10.9 Å². The fraction of sp³-hybridized carbons (Fsp3) is 0.167. The fourth-order valence-electron chi connectivity index (χ4n) is 1.55. The number of benzene rings is 1. The molecule has 1 aromatic carbocycles. The van der Waals surface area contributed by atoms with E-state index in [9.17, 15) is 13.6 Å². The van der Waals surface area contributed by atoms with E-state index in [2.05, 4.69) is 26.3 Å². The lowest BCUT2D eigenvalue weighted by molar-refractivity contribution is 0.101. The van der Waals surface area contributed by atoms with Gasteiger partial charge in [0, 0.05) is 17.2 Å². The van der Waals surface area contributed by atoms with E-state index in [0.717, 1.165) is 12.1 Å². The third-order valence-corrected chi connectivity index (χ3v) is 2.91. The highest BCUT2D eigenvalue weighted by Gasteiger charge is 2.18. The van der Waals surface area contributed by atoms with Crippen molar-refractivity contribution in [3.8, 4) is 0 Å². The minimum atomic E-state index is -0.924. The van der Waals surface area contributed by atoms with Crippen LogP contribution in [-0.2, 0) is 6.54 Å². The number of hydrogen-bond donors (Lipinski definition) is 1. The van der Waals surface area contributed by atoms with Gasteiger partial charge in [0.25, 0.3) is 5.91 Å². The first-order valence-electron chi connectivity index (χ1n) is 5.49. The maximum absolute atomic E-state index is 13.6. The molecule has 1 heterocycles. The summed E-state index contributed by atoms with van der Waals surface area (Å²) in [5.74, 6) is -2.70. The maximum Gasteiger partial charge on any atom is 0.261 e. The Morgan fingerprint density at radius 2 is 2.05 bits per heavy atom. The van der Waals surface area contributed by atoms with E-state index < -0.39 is 23.1 Å². The van der Waals surface area contributed by atoms with Crippen LogP contribution in [0.5, 0.6) is 0 Å². The van der Waals surface area contributed by atoms with Crippen molar-refractivity contribution in [3.63, 3.8) is 0 Å². The Morgan fingerprint density at radius 1 is 1.42 bits per heavy atom. The summed E-state index contributed by atoms with van der Waals surface area (Å²) in [5, 5.41) is 6.34. The number of aryl methyl sites for hydroxylation is 1. The lowest BCUT2D eigenvalue weighted by atomic mass is 10.2. The van der Waals surface area contributed by atoms with E-state index >= 15 is 0 Å². The van der Waals surface area contributed by atoms with Crippen molar-refractivity contribution >= 4 is 27.5 Å². The number of carbonyl (C=O) groups excluding carboxylic acids is 1. The molecule has 0 saturated carbocycles. The van der Waals surface area contributed by atoms with Crippen LogP contribution in [0.25, 0.3) is 0 Å². The highest BCUT2D eigenvalue weighted by atomic mass is 79.9. The van der Waals surface area contributed by atoms with Gasteiger partial charge in [-0.2, -0.15) is 5.10 Å². The Morgan fingerprint density at radius 3 is 2.58 bits per heavy atom. The molecule has 0 saturated heterocycles. The van der Waals surface area contributed by atoms with Crippen LogP contribution in [0.1, 0.15) is 17.3 Å². The van der Waals surface area contributed by atoms with Gasteiger partial charge < -0.3 is 5.32 Å². The van der Waals surface area contributed by atoms with Crippen LogP contribution in [0.4, 0.5) is 14.5 Å². The predicted octanol–water partition coefficient (Wildman–Crippen LogP) is 3.20. The molecular weight excluding hydrogens is 320 g/mol. The molecule has 19 heavy (non-hydrogen) atoms. The van der Waals surface area contributed by atoms with Gasteiger partial charge >= 0.3 is 0 Å². The van der Waals surface area contributed by atoms with Gasteiger partial charge in [-0.3, -0.25) is 9.48 Å². The maximum atomic E-state index is 13.6. The van der Waals surface area contributed by atoms with E-state index in [4.69, 9.17) is 0 Å². The average molecular weight is 330 g/mol. The molecule has 100 valence electrons. The topological polar surface area (TPSA) is 46.9 Å². The first-order chi connectivity index (χ1) is 9.01. The minimum absolute atomic E-state index is 0.234. The Kier molecular flexibility index (Phi) is 3.94. The number of rotatable bonds is 3. The second-order valence-electron chi connectivity index (χ2n) is 3.78. The third kappa shape index (κ3) is 2.98. The van der Waals surface area contributed by atoms with E-state index in [-0.39, 0.29) is 4.47 Å². The second-order valence-corrected chi connectivity index (χ2v) is 4.70. The zero-order valence-electron chi connectivity index (χ0n) is 9.95. The zero-order valence-corrected chi connectivity index (χ0v) is 11.5. The van der Waals surface area contributed by atoms with E-state index in [1.165, 1.54) is 6.20 Å². The molecule has 1 N–H and O–H groups in total. The third-order valence-electron chi connectivity index (χ3n) is 2.45. The van der Waals surface area contributed by atoms with Crippen molar-refractivity contribution in [1.29, 1.82) is 0 Å². The molecule has 2 rings (SSSR count). The highest BCUT2D eigenvalue weighted by molar-refractivity contribution is 9.10. The van der Waals surface area contributed by atoms with Crippen LogP contribution in [0.3, 0.4) is 0 Å². The first-order valence-corrected chi connectivity index (χ1v) is 6.29. The van der Waals surface area contributed by atoms with Crippen molar-refractivity contribution in [1.82, 2.24) is 9.78 Å². The van der Waals surface area contributed by atoms with Crippen LogP contribution >= 0.6 is 15.9 Å². The molecule has 0 fully saturated rings. The van der Waals surface area contributed by atoms with Crippen molar-refractivity contribution in [3.05, 3.63) is 46.2 Å². The van der Waals surface area contributed by atoms with E-state index in [0.29, 0.717) is 12.2 Å². The van der Waals surface area contributed by atoms with Crippen molar-refractivity contribution in [2.45, 2.75) is 13.5 Å². The van der Waals surface area contributed by atoms with Gasteiger partial charge in [0.05, 0.1) is 11.9 Å². The molecular formula is C12H10BrF2N3O. The SMILES string of the molecule is CCn1cc(NC(=O)c2c(F)cc(Br)cc2F)cn1. The molecule has 1 amide bonds. The average Bonchev–Trinajstić information content (AvgIpc) is 2.75. The summed E-state index contributed by atoms with van der Waals surface area (Å²) in [5.41, 5.74) is -0.235. The van der Waals surface area contributed by atoms with Crippen molar-refractivity contribution in [2.75, 3.05) is 5.32 Å². The molecule has 7 heteroatoms. The molecule has 0 bridgehead atoms. The molecule has 0 aliphatic carbocycles. The van der Waals surface area contributed by atoms with Crippen molar-refractivity contribution < 1.29 is 13.6 Å². The molecule has 0 atom stereocenters. The Labute approximate surface area is 116 Å². The molecule has 0 unspecified atom stereocenters. The van der Waals surface area contributed by atoms with E-state index in [1.807, 2.05) is 6.92 Å². The molecule has 0 radical (unpaired) electrons. The zero-order chi connectivity index (χ0) is 14.0. The molecule has 0 aliphatic heterocycles. The Bertz CT molecular complexity index is 604. The lowest BCUT2D eigenvalue weighted by Gasteiger charge is -2.05. The number of aromatic nitrogens is 2. The van der Waals surface area contributed by atoms with Crippen LogP contribution < -0.4 is 5.32 Å². The quantitative estimate of drug-likeness (QED) is 0.939. The molecule has 0 aliphatic rings. The summed E-state index contributed by atoms with van der Waals surface area (Å²) in [6, 6.07) is 2.07. The number of amides is 1. The standard InChI is InChI=1S/C12H10BrF2N3O/c1-2-18-6-8(5-16-18)17-12(19)11-9(14)3-7(13)4-10(11)15/h3-6H,2H2,1H3,(H,17,19). The van der Waals surface area contributed by atoms with Gasteiger partial charge in [-0.15, -0.1) is 0 Å². The van der Waals surface area contributed by atoms with Gasteiger partial charge in [0.2, 0.25) is 0 Å². The number of nitrogens with one attached hydrogen (secondary N) is 1. The summed E-state index contributed by atoms with van der Waals surface area (Å²) >= 11 is 2.95. The van der Waals surface area contributed by atoms with Crippen LogP contribution in [0, 0.1) is 11.6 Å². The smallest absolute Gasteiger partial charge is 0.261 e. The Balaban J connectivity index is 2.25. The van der Waals surface area contributed by atoms with Gasteiger partial charge in [-0.25, -0.2) is 8.78 Å². The van der Waals surface area contributed by atoms with Gasteiger partial charge in [-0.1, -0.05) is 15.9 Å². The van der Waals surface area contributed by atoms with Gasteiger partial charge in [0.1, 0.15) is 17.2 Å². The second kappa shape index (κ2) is 5.48. The number of anilines is 1. The van der Waals surface area contributed by atoms with Crippen LogP contribution in [0.15, 0.2) is 29.0 Å². The predicted molar refractivity (Wildman–Crippen MR) is 69.9 cm³/mol. The summed E-state index contributed by atoms with van der Waals surface area (Å²) < 4.78 is 29.0. The van der Waals surface area contributed by atoms with Crippen molar-refractivity contribution in [2.24, 2.45) is 0 Å². The molecule has 2 aromatic rings. The van der Waals surface area contributed by atoms with Crippen LogP contribution in [-0.4, -0.2) is 15.7 Å². The first kappa shape index (κ1) is 13.7. The van der Waals surface area contributed by atoms with Gasteiger partial charge in [-0.05, 0) is 19.1 Å². The summed E-state index contributed by atoms with van der Waals surface area (Å²) in [6.07, 6.45) is 2.99. The minimum Gasteiger partial charge on any atom is -0.319 e. The van der Waals surface area contributed by atoms with Crippen LogP contribution in [0.2, 0.25) is 0 Å². The molecule has 4 nitrogen and oxygen atoms in total. The summed E-state index contributed by atoms with van der Waals surface area (Å²) in [6.45, 7) is 2.52.